The Hall–Kier alpha value is -1.65. The Labute approximate surface area is 109 Å². The quantitative estimate of drug-likeness (QED) is 0.780. The van der Waals surface area contributed by atoms with Crippen LogP contribution < -0.4 is 5.32 Å². The fraction of sp³-hybridized carbons (Fsp3) is 0.214. The van der Waals surface area contributed by atoms with Crippen LogP contribution in [-0.4, -0.2) is 18.6 Å². The van der Waals surface area contributed by atoms with Crippen molar-refractivity contribution < 1.29 is 4.42 Å². The van der Waals surface area contributed by atoms with E-state index >= 15 is 0 Å². The lowest BCUT2D eigenvalue weighted by Crippen LogP contribution is -2.09. The molecule has 3 aromatic rings. The number of hydrogen-bond acceptors (Lipinski definition) is 4. The number of rotatable bonds is 4. The smallest absolute Gasteiger partial charge is 0.134 e. The van der Waals surface area contributed by atoms with Gasteiger partial charge in [-0.15, -0.1) is 11.3 Å². The maximum atomic E-state index is 5.56. The fourth-order valence-electron chi connectivity index (χ4n) is 1.95. The van der Waals surface area contributed by atoms with Crippen molar-refractivity contribution in [2.45, 2.75) is 6.42 Å². The number of nitrogens with one attached hydrogen (secondary N) is 1. The van der Waals surface area contributed by atoms with Gasteiger partial charge in [0.25, 0.3) is 0 Å². The first-order chi connectivity index (χ1) is 8.88. The van der Waals surface area contributed by atoms with Gasteiger partial charge in [0.2, 0.25) is 0 Å². The molecule has 0 unspecified atom stereocenters. The number of fused-ring (bicyclic) bond motifs is 1. The van der Waals surface area contributed by atoms with Crippen LogP contribution in [0.2, 0.25) is 0 Å². The number of para-hydroxylation sites is 1. The van der Waals surface area contributed by atoms with Gasteiger partial charge in [0.15, 0.2) is 0 Å². The van der Waals surface area contributed by atoms with Gasteiger partial charge in [0.1, 0.15) is 11.8 Å². The van der Waals surface area contributed by atoms with Crippen molar-refractivity contribution in [3.05, 3.63) is 41.7 Å². The molecule has 2 heterocycles. The highest BCUT2D eigenvalue weighted by Crippen LogP contribution is 2.33. The molecule has 1 N–H and O–H groups in total. The second-order valence-electron chi connectivity index (χ2n) is 4.12. The molecule has 0 radical (unpaired) electrons. The monoisotopic (exact) mass is 258 g/mol. The third kappa shape index (κ3) is 2.05. The second-order valence-corrected chi connectivity index (χ2v) is 5.23. The summed E-state index contributed by atoms with van der Waals surface area (Å²) in [6, 6.07) is 8.09. The third-order valence-electron chi connectivity index (χ3n) is 2.89. The number of hydrogen-bond donors (Lipinski definition) is 1. The Morgan fingerprint density at radius 3 is 3.11 bits per heavy atom. The van der Waals surface area contributed by atoms with Crippen molar-refractivity contribution in [3.63, 3.8) is 0 Å². The Kier molecular flexibility index (Phi) is 3.13. The summed E-state index contributed by atoms with van der Waals surface area (Å²) in [4.78, 5) is 5.63. The van der Waals surface area contributed by atoms with E-state index in [2.05, 4.69) is 16.4 Å². The summed E-state index contributed by atoms with van der Waals surface area (Å²) in [6.07, 6.45) is 4.73. The first-order valence-electron chi connectivity index (χ1n) is 5.94. The first-order valence-corrected chi connectivity index (χ1v) is 6.76. The summed E-state index contributed by atoms with van der Waals surface area (Å²) < 4.78 is 5.56. The Balaban J connectivity index is 1.96. The highest BCUT2D eigenvalue weighted by atomic mass is 32.1. The lowest BCUT2D eigenvalue weighted by molar-refractivity contribution is 0.617. The lowest BCUT2D eigenvalue weighted by atomic mass is 10.1. The van der Waals surface area contributed by atoms with Crippen LogP contribution in [0.5, 0.6) is 0 Å². The molecule has 0 aliphatic heterocycles. The zero-order valence-electron chi connectivity index (χ0n) is 10.1. The molecule has 3 nitrogen and oxygen atoms in total. The predicted molar refractivity (Wildman–Crippen MR) is 75.0 cm³/mol. The first kappa shape index (κ1) is 11.4. The standard InChI is InChI=1S/C14H14N2OS/c1-15-7-6-14-16-8-13(18-14)11-9-17-12-5-3-2-4-10(11)12/h2-5,8-9,15H,6-7H2,1H3. The van der Waals surface area contributed by atoms with Gasteiger partial charge in [-0.2, -0.15) is 0 Å². The average molecular weight is 258 g/mol. The molecule has 0 fully saturated rings. The Morgan fingerprint density at radius 2 is 2.22 bits per heavy atom. The predicted octanol–water partition coefficient (Wildman–Crippen LogP) is 3.32. The van der Waals surface area contributed by atoms with E-state index in [9.17, 15) is 0 Å². The minimum Gasteiger partial charge on any atom is -0.464 e. The van der Waals surface area contributed by atoms with E-state index in [0.717, 1.165) is 34.5 Å². The van der Waals surface area contributed by atoms with E-state index in [1.54, 1.807) is 11.3 Å². The van der Waals surface area contributed by atoms with Gasteiger partial charge >= 0.3 is 0 Å². The van der Waals surface area contributed by atoms with E-state index in [-0.39, 0.29) is 0 Å². The lowest BCUT2D eigenvalue weighted by Gasteiger charge is -1.93. The molecule has 4 heteroatoms. The maximum absolute atomic E-state index is 5.56. The van der Waals surface area contributed by atoms with Crippen LogP contribution in [0, 0.1) is 0 Å². The van der Waals surface area contributed by atoms with Crippen LogP contribution in [0.1, 0.15) is 5.01 Å². The summed E-state index contributed by atoms with van der Waals surface area (Å²) in [7, 11) is 1.96. The molecule has 18 heavy (non-hydrogen) atoms. The number of furan rings is 1. The number of aromatic nitrogens is 1. The molecule has 0 amide bonds. The van der Waals surface area contributed by atoms with E-state index in [1.165, 1.54) is 4.88 Å². The summed E-state index contributed by atoms with van der Waals surface area (Å²) >= 11 is 1.73. The molecule has 0 spiro atoms. The average Bonchev–Trinajstić information content (AvgIpc) is 3.02. The molecule has 0 saturated heterocycles. The molecule has 0 atom stereocenters. The summed E-state index contributed by atoms with van der Waals surface area (Å²) in [5, 5.41) is 5.45. The Bertz CT molecular complexity index is 656. The van der Waals surface area contributed by atoms with Crippen molar-refractivity contribution in [3.8, 4) is 10.4 Å². The zero-order chi connectivity index (χ0) is 12.4. The summed E-state index contributed by atoms with van der Waals surface area (Å²) in [6.45, 7) is 0.957. The van der Waals surface area contributed by atoms with Gasteiger partial charge in [0, 0.05) is 30.1 Å². The minimum atomic E-state index is 0.928. The van der Waals surface area contributed by atoms with E-state index in [0.29, 0.717) is 0 Å². The van der Waals surface area contributed by atoms with E-state index < -0.39 is 0 Å². The summed E-state index contributed by atoms with van der Waals surface area (Å²) in [5.41, 5.74) is 2.07. The van der Waals surface area contributed by atoms with Crippen molar-refractivity contribution in [2.24, 2.45) is 0 Å². The van der Waals surface area contributed by atoms with Gasteiger partial charge in [-0.05, 0) is 13.1 Å². The summed E-state index contributed by atoms with van der Waals surface area (Å²) in [5.74, 6) is 0. The molecular formula is C14H14N2OS. The normalized spacial score (nSPS) is 11.2. The van der Waals surface area contributed by atoms with Crippen LogP contribution in [0.15, 0.2) is 41.1 Å². The molecule has 3 rings (SSSR count). The third-order valence-corrected chi connectivity index (χ3v) is 3.98. The molecule has 0 saturated carbocycles. The molecule has 92 valence electrons. The number of benzene rings is 1. The van der Waals surface area contributed by atoms with Gasteiger partial charge < -0.3 is 9.73 Å². The maximum Gasteiger partial charge on any atom is 0.134 e. The van der Waals surface area contributed by atoms with Gasteiger partial charge in [-0.25, -0.2) is 4.98 Å². The van der Waals surface area contributed by atoms with Gasteiger partial charge in [0.05, 0.1) is 9.88 Å². The second kappa shape index (κ2) is 4.92. The number of likely N-dealkylation sites (N-methyl/N-ethyl adjacent to an activating group) is 1. The molecule has 0 bridgehead atoms. The highest BCUT2D eigenvalue weighted by molar-refractivity contribution is 7.15. The highest BCUT2D eigenvalue weighted by Gasteiger charge is 2.10. The van der Waals surface area contributed by atoms with Gasteiger partial charge in [-0.3, -0.25) is 0 Å². The van der Waals surface area contributed by atoms with E-state index in [1.807, 2.05) is 37.7 Å². The van der Waals surface area contributed by atoms with Crippen molar-refractivity contribution in [1.29, 1.82) is 0 Å². The van der Waals surface area contributed by atoms with Crippen molar-refractivity contribution in [1.82, 2.24) is 10.3 Å². The van der Waals surface area contributed by atoms with Crippen LogP contribution in [0.25, 0.3) is 21.4 Å². The van der Waals surface area contributed by atoms with Crippen LogP contribution >= 0.6 is 11.3 Å². The largest absolute Gasteiger partial charge is 0.464 e. The van der Waals surface area contributed by atoms with Crippen molar-refractivity contribution >= 4 is 22.3 Å². The fourth-order valence-corrected chi connectivity index (χ4v) is 2.89. The SMILES string of the molecule is CNCCc1ncc(-c2coc3ccccc23)s1. The Morgan fingerprint density at radius 1 is 1.33 bits per heavy atom. The number of nitrogens with zero attached hydrogens (tertiary/aromatic N) is 1. The molecule has 1 aromatic carbocycles. The minimum absolute atomic E-state index is 0.928. The van der Waals surface area contributed by atoms with Gasteiger partial charge in [-0.1, -0.05) is 18.2 Å². The molecular weight excluding hydrogens is 244 g/mol. The molecule has 0 aliphatic rings. The van der Waals surface area contributed by atoms with Crippen LogP contribution in [-0.2, 0) is 6.42 Å². The van der Waals surface area contributed by atoms with Crippen LogP contribution in [0.3, 0.4) is 0 Å². The molecule has 2 aromatic heterocycles. The zero-order valence-corrected chi connectivity index (χ0v) is 11.0. The molecule has 0 aliphatic carbocycles. The number of thiazole rings is 1. The van der Waals surface area contributed by atoms with Crippen molar-refractivity contribution in [2.75, 3.05) is 13.6 Å². The topological polar surface area (TPSA) is 38.1 Å². The van der Waals surface area contributed by atoms with Crippen LogP contribution in [0.4, 0.5) is 0 Å². The van der Waals surface area contributed by atoms with E-state index in [4.69, 9.17) is 4.42 Å².